The largest absolute Gasteiger partial charge is 0.487 e. The van der Waals surface area contributed by atoms with Crippen molar-refractivity contribution in [1.29, 1.82) is 0 Å². The second-order valence-electron chi connectivity index (χ2n) is 4.71. The first-order valence-corrected chi connectivity index (χ1v) is 5.75. The van der Waals surface area contributed by atoms with E-state index in [0.29, 0.717) is 0 Å². The van der Waals surface area contributed by atoms with Gasteiger partial charge >= 0.3 is 0 Å². The Hall–Kier alpha value is -1.09. The minimum absolute atomic E-state index is 0.117. The summed E-state index contributed by atoms with van der Waals surface area (Å²) in [5, 5.41) is 3.31. The monoisotopic (exact) mass is 223 g/mol. The van der Waals surface area contributed by atoms with Gasteiger partial charge in [0.1, 0.15) is 17.2 Å². The van der Waals surface area contributed by atoms with Gasteiger partial charge in [-0.05, 0) is 63.5 Å². The van der Waals surface area contributed by atoms with Crippen molar-refractivity contribution in [2.24, 2.45) is 0 Å². The lowest BCUT2D eigenvalue weighted by Gasteiger charge is -2.35. The molecule has 88 valence electrons. The van der Waals surface area contributed by atoms with E-state index in [4.69, 9.17) is 4.74 Å². The van der Waals surface area contributed by atoms with Crippen molar-refractivity contribution in [3.8, 4) is 5.75 Å². The smallest absolute Gasteiger partial charge is 0.123 e. The highest BCUT2D eigenvalue weighted by molar-refractivity contribution is 5.33. The van der Waals surface area contributed by atoms with E-state index in [9.17, 15) is 4.39 Å². The molecule has 0 aliphatic carbocycles. The fraction of sp³-hybridized carbons (Fsp3) is 0.538. The lowest BCUT2D eigenvalue weighted by atomic mass is 9.94. The predicted octanol–water partition coefficient (Wildman–Crippen LogP) is 2.66. The van der Waals surface area contributed by atoms with Crippen molar-refractivity contribution in [2.75, 3.05) is 13.1 Å². The highest BCUT2D eigenvalue weighted by Gasteiger charge is 2.29. The molecule has 1 aliphatic heterocycles. The summed E-state index contributed by atoms with van der Waals surface area (Å²) in [5.41, 5.74) is 0.744. The SMILES string of the molecule is Cc1cc(F)ccc1OC1(C)CCNCC1. The average Bonchev–Trinajstić information content (AvgIpc) is 2.23. The van der Waals surface area contributed by atoms with Crippen LogP contribution in [-0.4, -0.2) is 18.7 Å². The topological polar surface area (TPSA) is 21.3 Å². The van der Waals surface area contributed by atoms with Crippen molar-refractivity contribution in [2.45, 2.75) is 32.3 Å². The van der Waals surface area contributed by atoms with E-state index in [1.54, 1.807) is 6.07 Å². The summed E-state index contributed by atoms with van der Waals surface area (Å²) in [4.78, 5) is 0. The highest BCUT2D eigenvalue weighted by Crippen LogP contribution is 2.28. The van der Waals surface area contributed by atoms with Gasteiger partial charge in [0, 0.05) is 0 Å². The zero-order valence-electron chi connectivity index (χ0n) is 9.85. The number of benzene rings is 1. The summed E-state index contributed by atoms with van der Waals surface area (Å²) in [6, 6.07) is 4.69. The van der Waals surface area contributed by atoms with E-state index < -0.39 is 0 Å². The number of piperidine rings is 1. The number of hydrogen-bond donors (Lipinski definition) is 1. The molecule has 0 spiro atoms. The Morgan fingerprint density at radius 1 is 1.31 bits per heavy atom. The van der Waals surface area contributed by atoms with Crippen molar-refractivity contribution >= 4 is 0 Å². The van der Waals surface area contributed by atoms with Crippen LogP contribution in [0.1, 0.15) is 25.3 Å². The molecule has 1 N–H and O–H groups in total. The number of nitrogens with one attached hydrogen (secondary N) is 1. The van der Waals surface area contributed by atoms with Crippen LogP contribution in [0.4, 0.5) is 4.39 Å². The fourth-order valence-corrected chi connectivity index (χ4v) is 2.05. The molecule has 1 saturated heterocycles. The standard InChI is InChI=1S/C13H18FNO/c1-10-9-11(14)3-4-12(10)16-13(2)5-7-15-8-6-13/h3-4,9,15H,5-8H2,1-2H3. The van der Waals surface area contributed by atoms with Crippen LogP contribution in [0.15, 0.2) is 18.2 Å². The molecule has 0 amide bonds. The third kappa shape index (κ3) is 2.53. The van der Waals surface area contributed by atoms with Gasteiger partial charge in [-0.2, -0.15) is 0 Å². The molecule has 1 fully saturated rings. The van der Waals surface area contributed by atoms with Crippen LogP contribution in [0.3, 0.4) is 0 Å². The quantitative estimate of drug-likeness (QED) is 0.832. The number of hydrogen-bond acceptors (Lipinski definition) is 2. The summed E-state index contributed by atoms with van der Waals surface area (Å²) < 4.78 is 19.0. The van der Waals surface area contributed by atoms with Crippen LogP contribution in [0.25, 0.3) is 0 Å². The zero-order valence-corrected chi connectivity index (χ0v) is 9.85. The fourth-order valence-electron chi connectivity index (χ4n) is 2.05. The van der Waals surface area contributed by atoms with Crippen LogP contribution in [0.5, 0.6) is 5.75 Å². The first-order valence-electron chi connectivity index (χ1n) is 5.75. The van der Waals surface area contributed by atoms with E-state index in [0.717, 1.165) is 37.2 Å². The van der Waals surface area contributed by atoms with E-state index in [-0.39, 0.29) is 11.4 Å². The Kier molecular flexibility index (Phi) is 3.15. The van der Waals surface area contributed by atoms with Gasteiger partial charge in [-0.1, -0.05) is 0 Å². The molecule has 1 aromatic carbocycles. The molecule has 0 radical (unpaired) electrons. The summed E-state index contributed by atoms with van der Waals surface area (Å²) in [5.74, 6) is 0.589. The Labute approximate surface area is 95.8 Å². The highest BCUT2D eigenvalue weighted by atomic mass is 19.1. The Morgan fingerprint density at radius 3 is 2.62 bits per heavy atom. The summed E-state index contributed by atoms with van der Waals surface area (Å²) in [6.45, 7) is 5.97. The number of halogens is 1. The van der Waals surface area contributed by atoms with Gasteiger partial charge in [0.2, 0.25) is 0 Å². The van der Waals surface area contributed by atoms with Crippen LogP contribution in [0, 0.1) is 12.7 Å². The van der Waals surface area contributed by atoms with Gasteiger partial charge in [-0.25, -0.2) is 4.39 Å². The third-order valence-corrected chi connectivity index (χ3v) is 3.15. The van der Waals surface area contributed by atoms with Gasteiger partial charge in [-0.3, -0.25) is 0 Å². The van der Waals surface area contributed by atoms with E-state index in [1.165, 1.54) is 12.1 Å². The van der Waals surface area contributed by atoms with Gasteiger partial charge in [0.15, 0.2) is 0 Å². The van der Waals surface area contributed by atoms with Crippen LogP contribution < -0.4 is 10.1 Å². The molecule has 0 bridgehead atoms. The molecular weight excluding hydrogens is 205 g/mol. The van der Waals surface area contributed by atoms with Crippen LogP contribution in [-0.2, 0) is 0 Å². The molecule has 1 aliphatic rings. The number of rotatable bonds is 2. The molecule has 3 heteroatoms. The summed E-state index contributed by atoms with van der Waals surface area (Å²) in [6.07, 6.45) is 1.98. The maximum Gasteiger partial charge on any atom is 0.123 e. The second-order valence-corrected chi connectivity index (χ2v) is 4.71. The molecular formula is C13H18FNO. The molecule has 0 saturated carbocycles. The Bertz CT molecular complexity index is 372. The van der Waals surface area contributed by atoms with E-state index in [2.05, 4.69) is 12.2 Å². The Balaban J connectivity index is 2.13. The second kappa shape index (κ2) is 4.42. The van der Waals surface area contributed by atoms with Gasteiger partial charge in [-0.15, -0.1) is 0 Å². The molecule has 0 aromatic heterocycles. The minimum atomic E-state index is -0.208. The molecule has 2 rings (SSSR count). The number of ether oxygens (including phenoxy) is 1. The molecule has 2 nitrogen and oxygen atoms in total. The zero-order chi connectivity index (χ0) is 11.6. The lowest BCUT2D eigenvalue weighted by molar-refractivity contribution is 0.0548. The normalized spacial score (nSPS) is 19.4. The summed E-state index contributed by atoms with van der Waals surface area (Å²) >= 11 is 0. The van der Waals surface area contributed by atoms with Crippen molar-refractivity contribution in [3.05, 3.63) is 29.6 Å². The first kappa shape index (κ1) is 11.4. The van der Waals surface area contributed by atoms with Crippen LogP contribution in [0.2, 0.25) is 0 Å². The lowest BCUT2D eigenvalue weighted by Crippen LogP contribution is -2.43. The molecule has 0 atom stereocenters. The first-order chi connectivity index (χ1) is 7.59. The van der Waals surface area contributed by atoms with E-state index >= 15 is 0 Å². The molecule has 1 heterocycles. The number of aryl methyl sites for hydroxylation is 1. The van der Waals surface area contributed by atoms with Crippen molar-refractivity contribution < 1.29 is 9.13 Å². The maximum absolute atomic E-state index is 13.0. The Morgan fingerprint density at radius 2 is 2.00 bits per heavy atom. The predicted molar refractivity (Wildman–Crippen MR) is 62.3 cm³/mol. The maximum atomic E-state index is 13.0. The molecule has 16 heavy (non-hydrogen) atoms. The average molecular weight is 223 g/mol. The molecule has 1 aromatic rings. The third-order valence-electron chi connectivity index (χ3n) is 3.15. The van der Waals surface area contributed by atoms with Crippen LogP contribution >= 0.6 is 0 Å². The summed E-state index contributed by atoms with van der Waals surface area (Å²) in [7, 11) is 0. The van der Waals surface area contributed by atoms with Crippen molar-refractivity contribution in [3.63, 3.8) is 0 Å². The molecule has 0 unspecified atom stereocenters. The van der Waals surface area contributed by atoms with Gasteiger partial charge < -0.3 is 10.1 Å². The van der Waals surface area contributed by atoms with E-state index in [1.807, 2.05) is 6.92 Å². The van der Waals surface area contributed by atoms with Crippen molar-refractivity contribution in [1.82, 2.24) is 5.32 Å². The van der Waals surface area contributed by atoms with Gasteiger partial charge in [0.25, 0.3) is 0 Å². The van der Waals surface area contributed by atoms with Gasteiger partial charge in [0.05, 0.1) is 0 Å². The minimum Gasteiger partial charge on any atom is -0.487 e.